The zero-order valence-corrected chi connectivity index (χ0v) is 15.9. The first kappa shape index (κ1) is 17.9. The van der Waals surface area contributed by atoms with E-state index in [-0.39, 0.29) is 5.91 Å². The van der Waals surface area contributed by atoms with Gasteiger partial charge in [0, 0.05) is 43.1 Å². The number of aromatic nitrogens is 4. The van der Waals surface area contributed by atoms with Crippen LogP contribution in [0, 0.1) is 6.92 Å². The van der Waals surface area contributed by atoms with E-state index >= 15 is 0 Å². The van der Waals surface area contributed by atoms with E-state index in [2.05, 4.69) is 15.1 Å². The number of benzene rings is 1. The third-order valence-corrected chi connectivity index (χ3v) is 4.69. The molecular formula is C22H21N5O. The molecule has 0 spiro atoms. The van der Waals surface area contributed by atoms with Crippen molar-refractivity contribution in [1.82, 2.24) is 24.6 Å². The van der Waals surface area contributed by atoms with Crippen LogP contribution in [0.25, 0.3) is 10.9 Å². The van der Waals surface area contributed by atoms with Gasteiger partial charge in [-0.1, -0.05) is 12.1 Å². The Labute approximate surface area is 163 Å². The first-order valence-corrected chi connectivity index (χ1v) is 9.12. The first-order valence-electron chi connectivity index (χ1n) is 9.12. The van der Waals surface area contributed by atoms with Crippen LogP contribution in [0.5, 0.6) is 0 Å². The average molecular weight is 371 g/mol. The maximum atomic E-state index is 13.4. The molecule has 6 heteroatoms. The van der Waals surface area contributed by atoms with Crippen LogP contribution < -0.4 is 0 Å². The second kappa shape index (κ2) is 7.60. The van der Waals surface area contributed by atoms with Gasteiger partial charge in [-0.3, -0.25) is 19.4 Å². The predicted octanol–water partition coefficient (Wildman–Crippen LogP) is 3.51. The lowest BCUT2D eigenvalue weighted by atomic mass is 10.1. The van der Waals surface area contributed by atoms with Gasteiger partial charge < -0.3 is 4.90 Å². The summed E-state index contributed by atoms with van der Waals surface area (Å²) in [6.45, 7) is 2.89. The van der Waals surface area contributed by atoms with E-state index in [0.717, 1.165) is 27.9 Å². The predicted molar refractivity (Wildman–Crippen MR) is 108 cm³/mol. The summed E-state index contributed by atoms with van der Waals surface area (Å²) in [5, 5.41) is 5.35. The molecule has 4 aromatic rings. The number of rotatable bonds is 5. The van der Waals surface area contributed by atoms with Gasteiger partial charge in [0.1, 0.15) is 0 Å². The Hall–Kier alpha value is -3.54. The maximum absolute atomic E-state index is 13.4. The molecular weight excluding hydrogens is 350 g/mol. The Balaban J connectivity index is 1.68. The van der Waals surface area contributed by atoms with E-state index < -0.39 is 0 Å². The number of amides is 1. The highest BCUT2D eigenvalue weighted by Crippen LogP contribution is 2.18. The standard InChI is InChI=1S/C22H21N5O/c1-16-11-20(26(2)25-16)15-27(14-17-5-3-9-23-13-17)22(28)19-7-8-21-18(12-19)6-4-10-24-21/h3-13H,14-15H2,1-2H3. The van der Waals surface area contributed by atoms with Crippen molar-refractivity contribution in [2.75, 3.05) is 0 Å². The van der Waals surface area contributed by atoms with E-state index in [1.54, 1.807) is 18.6 Å². The zero-order valence-electron chi connectivity index (χ0n) is 15.9. The van der Waals surface area contributed by atoms with Crippen LogP contribution in [-0.2, 0) is 20.1 Å². The van der Waals surface area contributed by atoms with Gasteiger partial charge >= 0.3 is 0 Å². The number of hydrogen-bond donors (Lipinski definition) is 0. The average Bonchev–Trinajstić information content (AvgIpc) is 3.04. The number of nitrogens with zero attached hydrogens (tertiary/aromatic N) is 5. The summed E-state index contributed by atoms with van der Waals surface area (Å²) in [5.41, 5.74) is 4.42. The van der Waals surface area contributed by atoms with E-state index in [1.807, 2.05) is 72.1 Å². The minimum atomic E-state index is -0.0338. The Kier molecular flexibility index (Phi) is 4.85. The smallest absolute Gasteiger partial charge is 0.254 e. The van der Waals surface area contributed by atoms with Gasteiger partial charge in [0.05, 0.1) is 23.4 Å². The maximum Gasteiger partial charge on any atom is 0.254 e. The zero-order chi connectivity index (χ0) is 19.5. The number of hydrogen-bond acceptors (Lipinski definition) is 4. The lowest BCUT2D eigenvalue weighted by molar-refractivity contribution is 0.0726. The van der Waals surface area contributed by atoms with Crippen molar-refractivity contribution in [3.05, 3.63) is 89.6 Å². The molecule has 0 unspecified atom stereocenters. The molecule has 0 aliphatic carbocycles. The third kappa shape index (κ3) is 3.76. The van der Waals surface area contributed by atoms with Crippen LogP contribution in [0.2, 0.25) is 0 Å². The highest BCUT2D eigenvalue weighted by atomic mass is 16.2. The number of pyridine rings is 2. The first-order chi connectivity index (χ1) is 13.6. The van der Waals surface area contributed by atoms with Crippen LogP contribution in [0.1, 0.15) is 27.3 Å². The van der Waals surface area contributed by atoms with Crippen molar-refractivity contribution in [3.8, 4) is 0 Å². The summed E-state index contributed by atoms with van der Waals surface area (Å²) >= 11 is 0. The fourth-order valence-corrected chi connectivity index (χ4v) is 3.31. The van der Waals surface area contributed by atoms with Crippen LogP contribution >= 0.6 is 0 Å². The van der Waals surface area contributed by atoms with Gasteiger partial charge in [-0.2, -0.15) is 5.10 Å². The molecule has 0 fully saturated rings. The molecule has 3 heterocycles. The molecule has 0 N–H and O–H groups in total. The van der Waals surface area contributed by atoms with Crippen molar-refractivity contribution in [1.29, 1.82) is 0 Å². The second-order valence-electron chi connectivity index (χ2n) is 6.83. The topological polar surface area (TPSA) is 63.9 Å². The van der Waals surface area contributed by atoms with Crippen LogP contribution in [0.4, 0.5) is 0 Å². The molecule has 6 nitrogen and oxygen atoms in total. The molecule has 0 bridgehead atoms. The summed E-state index contributed by atoms with van der Waals surface area (Å²) in [7, 11) is 1.90. The minimum Gasteiger partial charge on any atom is -0.328 e. The number of aryl methyl sites for hydroxylation is 2. The second-order valence-corrected chi connectivity index (χ2v) is 6.83. The Morgan fingerprint density at radius 2 is 1.93 bits per heavy atom. The number of carbonyl (C=O) groups excluding carboxylic acids is 1. The molecule has 1 amide bonds. The summed E-state index contributed by atoms with van der Waals surface area (Å²) < 4.78 is 1.82. The van der Waals surface area contributed by atoms with Gasteiger partial charge in [0.25, 0.3) is 5.91 Å². The lowest BCUT2D eigenvalue weighted by Crippen LogP contribution is -2.31. The summed E-state index contributed by atoms with van der Waals surface area (Å²) in [6, 6.07) is 15.3. The normalized spacial score (nSPS) is 10.9. The largest absolute Gasteiger partial charge is 0.328 e. The highest BCUT2D eigenvalue weighted by molar-refractivity contribution is 5.97. The van der Waals surface area contributed by atoms with E-state index in [4.69, 9.17) is 0 Å². The SMILES string of the molecule is Cc1cc(CN(Cc2cccnc2)C(=O)c2ccc3ncccc3c2)n(C)n1. The van der Waals surface area contributed by atoms with Crippen molar-refractivity contribution in [2.45, 2.75) is 20.0 Å². The molecule has 0 aliphatic heterocycles. The Morgan fingerprint density at radius 1 is 1.07 bits per heavy atom. The van der Waals surface area contributed by atoms with Crippen molar-refractivity contribution in [2.24, 2.45) is 7.05 Å². The molecule has 0 radical (unpaired) electrons. The van der Waals surface area contributed by atoms with Gasteiger partial charge in [-0.15, -0.1) is 0 Å². The molecule has 28 heavy (non-hydrogen) atoms. The van der Waals surface area contributed by atoms with E-state index in [9.17, 15) is 4.79 Å². The highest BCUT2D eigenvalue weighted by Gasteiger charge is 2.19. The lowest BCUT2D eigenvalue weighted by Gasteiger charge is -2.23. The number of carbonyl (C=O) groups is 1. The van der Waals surface area contributed by atoms with Crippen LogP contribution in [0.3, 0.4) is 0 Å². The molecule has 0 aliphatic rings. The van der Waals surface area contributed by atoms with Crippen molar-refractivity contribution >= 4 is 16.8 Å². The summed E-state index contributed by atoms with van der Waals surface area (Å²) in [6.07, 6.45) is 5.28. The Morgan fingerprint density at radius 3 is 2.68 bits per heavy atom. The monoisotopic (exact) mass is 371 g/mol. The molecule has 0 saturated heterocycles. The fourth-order valence-electron chi connectivity index (χ4n) is 3.31. The fraction of sp³-hybridized carbons (Fsp3) is 0.182. The van der Waals surface area contributed by atoms with Gasteiger partial charge in [-0.25, -0.2) is 0 Å². The molecule has 0 saturated carbocycles. The van der Waals surface area contributed by atoms with Gasteiger partial charge in [-0.05, 0) is 48.9 Å². The number of fused-ring (bicyclic) bond motifs is 1. The molecule has 4 rings (SSSR count). The van der Waals surface area contributed by atoms with Crippen LogP contribution in [0.15, 0.2) is 67.1 Å². The van der Waals surface area contributed by atoms with E-state index in [0.29, 0.717) is 18.7 Å². The molecule has 1 aromatic carbocycles. The molecule has 140 valence electrons. The minimum absolute atomic E-state index is 0.0338. The molecule has 3 aromatic heterocycles. The van der Waals surface area contributed by atoms with Gasteiger partial charge in [0.2, 0.25) is 0 Å². The molecule has 0 atom stereocenters. The third-order valence-electron chi connectivity index (χ3n) is 4.69. The summed E-state index contributed by atoms with van der Waals surface area (Å²) in [4.78, 5) is 23.7. The van der Waals surface area contributed by atoms with Crippen LogP contribution in [-0.4, -0.2) is 30.6 Å². The summed E-state index contributed by atoms with van der Waals surface area (Å²) in [5.74, 6) is -0.0338. The van der Waals surface area contributed by atoms with Crippen molar-refractivity contribution in [3.63, 3.8) is 0 Å². The Bertz CT molecular complexity index is 1120. The van der Waals surface area contributed by atoms with Crippen molar-refractivity contribution < 1.29 is 4.79 Å². The quantitative estimate of drug-likeness (QED) is 0.538. The van der Waals surface area contributed by atoms with Gasteiger partial charge in [0.15, 0.2) is 0 Å². The van der Waals surface area contributed by atoms with E-state index in [1.165, 1.54) is 0 Å².